The number of cyclic esters (lactones) is 2. The molecule has 12 atom stereocenters. The normalized spacial score (nSPS) is 46.5. The topological polar surface area (TPSA) is 202 Å². The summed E-state index contributed by atoms with van der Waals surface area (Å²) in [5, 5.41) is 62.0. The number of fused-ring (bicyclic) bond motifs is 2. The van der Waals surface area contributed by atoms with Crippen molar-refractivity contribution in [2.45, 2.75) is 82.3 Å². The lowest BCUT2D eigenvalue weighted by atomic mass is 9.77. The lowest BCUT2D eigenvalue weighted by molar-refractivity contribution is -0.327. The van der Waals surface area contributed by atoms with Crippen LogP contribution >= 0.6 is 0 Å². The fraction of sp³-hybridized carbons (Fsp3) is 0.769. The van der Waals surface area contributed by atoms with E-state index in [1.54, 1.807) is 19.9 Å². The molecule has 1 saturated carbocycles. The Morgan fingerprint density at radius 1 is 1.08 bits per heavy atom. The predicted octanol–water partition coefficient (Wildman–Crippen LogP) is -1.52. The Morgan fingerprint density at radius 2 is 1.79 bits per heavy atom. The molecule has 2 saturated heterocycles. The third kappa shape index (κ3) is 5.46. The van der Waals surface area contributed by atoms with Gasteiger partial charge in [0.05, 0.1) is 44.2 Å². The van der Waals surface area contributed by atoms with E-state index >= 15 is 0 Å². The molecule has 0 aromatic carbocycles. The van der Waals surface area contributed by atoms with Gasteiger partial charge in [-0.05, 0) is 19.3 Å². The molecule has 0 aromatic heterocycles. The van der Waals surface area contributed by atoms with Gasteiger partial charge in [-0.3, -0.25) is 4.79 Å². The molecule has 39 heavy (non-hydrogen) atoms. The van der Waals surface area contributed by atoms with Gasteiger partial charge in [0.1, 0.15) is 30.0 Å². The zero-order valence-electron chi connectivity index (χ0n) is 22.1. The van der Waals surface area contributed by atoms with E-state index in [2.05, 4.69) is 0 Å². The average Bonchev–Trinajstić information content (AvgIpc) is 3.13. The smallest absolute Gasteiger partial charge is 0.337 e. The predicted molar refractivity (Wildman–Crippen MR) is 129 cm³/mol. The third-order valence-corrected chi connectivity index (χ3v) is 8.50. The second-order valence-electron chi connectivity index (χ2n) is 10.8. The van der Waals surface area contributed by atoms with Crippen LogP contribution in [0.1, 0.15) is 33.6 Å². The first-order valence-corrected chi connectivity index (χ1v) is 13.1. The highest BCUT2D eigenvalue weighted by Gasteiger charge is 2.56. The molecule has 0 radical (unpaired) electrons. The van der Waals surface area contributed by atoms with Gasteiger partial charge in [-0.2, -0.15) is 0 Å². The van der Waals surface area contributed by atoms with Crippen LogP contribution in [-0.2, 0) is 33.3 Å². The van der Waals surface area contributed by atoms with E-state index in [0.717, 1.165) is 6.26 Å². The highest BCUT2D eigenvalue weighted by molar-refractivity contribution is 5.91. The maximum Gasteiger partial charge on any atom is 0.337 e. The summed E-state index contributed by atoms with van der Waals surface area (Å²) in [6, 6.07) is 0. The first-order chi connectivity index (χ1) is 18.4. The molecule has 1 aliphatic carbocycles. The molecule has 0 aromatic rings. The lowest BCUT2D eigenvalue weighted by Crippen LogP contribution is -2.60. The van der Waals surface area contributed by atoms with Crippen molar-refractivity contribution in [2.24, 2.45) is 23.7 Å². The standard InChI is InChI=1S/C26H38O13/c1-4-13-14-6-19(29)35-10-16-11(2)5-18(28)26(16,34)12(3)8-36-23(33)15(14)9-37-24(13)39-25-22(32)21(31)20(30)17(7-27)38-25/h4,9,11-12,14,16-18,20-22,24-25,27-28,30-32,34H,5-8,10H2,1-3H3/t11?,12?,14?,16?,17-,18?,20-,21+,22-,24?,25+,26?/m0/s1. The first kappa shape index (κ1) is 29.9. The fourth-order valence-corrected chi connectivity index (χ4v) is 6.03. The molecule has 6 N–H and O–H groups in total. The van der Waals surface area contributed by atoms with E-state index in [9.17, 15) is 40.2 Å². The highest BCUT2D eigenvalue weighted by atomic mass is 16.8. The lowest BCUT2D eigenvalue weighted by Gasteiger charge is -2.42. The molecule has 3 aliphatic heterocycles. The van der Waals surface area contributed by atoms with Crippen molar-refractivity contribution >= 4 is 11.9 Å². The van der Waals surface area contributed by atoms with Gasteiger partial charge in [0, 0.05) is 23.3 Å². The number of aliphatic hydroxyl groups excluding tert-OH is 5. The number of hydrogen-bond donors (Lipinski definition) is 6. The highest BCUT2D eigenvalue weighted by Crippen LogP contribution is 2.46. The molecule has 13 heteroatoms. The van der Waals surface area contributed by atoms with Gasteiger partial charge in [0.15, 0.2) is 6.29 Å². The molecule has 0 bridgehead atoms. The number of hydrogen-bond acceptors (Lipinski definition) is 13. The van der Waals surface area contributed by atoms with Crippen LogP contribution in [0.15, 0.2) is 23.5 Å². The van der Waals surface area contributed by atoms with Crippen LogP contribution in [0.4, 0.5) is 0 Å². The Hall–Kier alpha value is -2.10. The quantitative estimate of drug-likeness (QED) is 0.172. The Bertz CT molecular complexity index is 979. The molecule has 13 nitrogen and oxygen atoms in total. The molecule has 7 unspecified atom stereocenters. The Morgan fingerprint density at radius 3 is 2.46 bits per heavy atom. The maximum absolute atomic E-state index is 13.1. The minimum absolute atomic E-state index is 0.00893. The number of carbonyl (C=O) groups excluding carboxylic acids is 2. The molecular formula is C26H38O13. The first-order valence-electron chi connectivity index (χ1n) is 13.1. The van der Waals surface area contributed by atoms with Gasteiger partial charge in [-0.1, -0.05) is 19.9 Å². The van der Waals surface area contributed by atoms with Crippen molar-refractivity contribution in [1.29, 1.82) is 0 Å². The summed E-state index contributed by atoms with van der Waals surface area (Å²) in [6.07, 6.45) is -7.38. The molecular weight excluding hydrogens is 520 g/mol. The zero-order valence-corrected chi connectivity index (χ0v) is 22.1. The number of allylic oxidation sites excluding steroid dienone is 1. The van der Waals surface area contributed by atoms with Crippen molar-refractivity contribution in [3.8, 4) is 0 Å². The number of rotatable bonds is 3. The SMILES string of the molecule is CC=C1C(O[C@H]2O[C@@H](CO)[C@H](O)[C@@H](O)[C@@H]2O)OC=C2C(=O)OCC(C)C3(O)C(O)CC(C)C3COC(=O)CC21. The summed E-state index contributed by atoms with van der Waals surface area (Å²) in [4.78, 5) is 26.1. The van der Waals surface area contributed by atoms with Gasteiger partial charge >= 0.3 is 11.9 Å². The van der Waals surface area contributed by atoms with Crippen LogP contribution in [0.2, 0.25) is 0 Å². The Labute approximate surface area is 225 Å². The van der Waals surface area contributed by atoms with E-state index in [0.29, 0.717) is 12.0 Å². The molecule has 0 spiro atoms. The van der Waals surface area contributed by atoms with Crippen LogP contribution in [-0.4, -0.2) is 111 Å². The van der Waals surface area contributed by atoms with E-state index in [1.807, 2.05) is 6.92 Å². The van der Waals surface area contributed by atoms with E-state index in [4.69, 9.17) is 23.7 Å². The number of aliphatic hydroxyl groups is 6. The van der Waals surface area contributed by atoms with Crippen LogP contribution < -0.4 is 0 Å². The Balaban J connectivity index is 1.58. The van der Waals surface area contributed by atoms with Crippen LogP contribution in [0, 0.1) is 23.7 Å². The second-order valence-corrected chi connectivity index (χ2v) is 10.8. The second kappa shape index (κ2) is 11.8. The monoisotopic (exact) mass is 558 g/mol. The molecule has 3 fully saturated rings. The summed E-state index contributed by atoms with van der Waals surface area (Å²) in [5.41, 5.74) is -1.32. The molecule has 0 amide bonds. The van der Waals surface area contributed by atoms with Crippen molar-refractivity contribution in [1.82, 2.24) is 0 Å². The van der Waals surface area contributed by atoms with Gasteiger partial charge < -0.3 is 54.3 Å². The van der Waals surface area contributed by atoms with Crippen molar-refractivity contribution in [3.63, 3.8) is 0 Å². The van der Waals surface area contributed by atoms with Crippen molar-refractivity contribution < 1.29 is 63.9 Å². The van der Waals surface area contributed by atoms with Gasteiger partial charge in [-0.25, -0.2) is 4.79 Å². The average molecular weight is 559 g/mol. The van der Waals surface area contributed by atoms with E-state index in [-0.39, 0.29) is 31.1 Å². The summed E-state index contributed by atoms with van der Waals surface area (Å²) >= 11 is 0. The maximum atomic E-state index is 13.1. The number of ether oxygens (including phenoxy) is 5. The molecule has 4 rings (SSSR count). The van der Waals surface area contributed by atoms with Crippen molar-refractivity contribution in [3.05, 3.63) is 23.5 Å². The van der Waals surface area contributed by atoms with E-state index < -0.39 is 85.0 Å². The van der Waals surface area contributed by atoms with Crippen LogP contribution in [0.3, 0.4) is 0 Å². The Kier molecular flexibility index (Phi) is 9.03. The third-order valence-electron chi connectivity index (χ3n) is 8.50. The summed E-state index contributed by atoms with van der Waals surface area (Å²) in [7, 11) is 0. The largest absolute Gasteiger partial charge is 0.468 e. The zero-order chi connectivity index (χ0) is 28.6. The molecule has 4 aliphatic rings. The summed E-state index contributed by atoms with van der Waals surface area (Å²) in [6.45, 7) is 4.14. The number of esters is 2. The van der Waals surface area contributed by atoms with Gasteiger partial charge in [-0.15, -0.1) is 0 Å². The van der Waals surface area contributed by atoms with Gasteiger partial charge in [0.2, 0.25) is 6.29 Å². The molecule has 220 valence electrons. The summed E-state index contributed by atoms with van der Waals surface area (Å²) < 4.78 is 27.8. The van der Waals surface area contributed by atoms with Crippen molar-refractivity contribution in [2.75, 3.05) is 19.8 Å². The van der Waals surface area contributed by atoms with Crippen LogP contribution in [0.25, 0.3) is 0 Å². The van der Waals surface area contributed by atoms with E-state index in [1.165, 1.54) is 0 Å². The minimum atomic E-state index is -1.69. The fourth-order valence-electron chi connectivity index (χ4n) is 6.03. The minimum Gasteiger partial charge on any atom is -0.468 e. The number of carbonyl (C=O) groups is 2. The summed E-state index contributed by atoms with van der Waals surface area (Å²) in [5.74, 6) is -3.77. The van der Waals surface area contributed by atoms with Gasteiger partial charge in [0.25, 0.3) is 0 Å². The molecule has 3 heterocycles. The van der Waals surface area contributed by atoms with Crippen LogP contribution in [0.5, 0.6) is 0 Å².